The van der Waals surface area contributed by atoms with Gasteiger partial charge in [-0.05, 0) is 12.8 Å². The average Bonchev–Trinajstić information content (AvgIpc) is 2.71. The van der Waals surface area contributed by atoms with Gasteiger partial charge in [0.05, 0.1) is 32.2 Å². The molecule has 178 valence electrons. The summed E-state index contributed by atoms with van der Waals surface area (Å²) in [6.45, 7) is 5.21. The summed E-state index contributed by atoms with van der Waals surface area (Å²) in [6, 6.07) is 0. The maximum absolute atomic E-state index is 11.7. The molecule has 0 bridgehead atoms. The lowest BCUT2D eigenvalue weighted by Gasteiger charge is -2.10. The highest BCUT2D eigenvalue weighted by Gasteiger charge is 2.16. The third-order valence-corrected chi connectivity index (χ3v) is 5.33. The molecular weight excluding hydrogens is 380 g/mol. The first-order valence-electron chi connectivity index (χ1n) is 12.6. The quantitative estimate of drug-likeness (QED) is 0.157. The van der Waals surface area contributed by atoms with Crippen molar-refractivity contribution < 1.29 is 24.2 Å². The highest BCUT2D eigenvalue weighted by Crippen LogP contribution is 2.10. The van der Waals surface area contributed by atoms with Gasteiger partial charge in [-0.1, -0.05) is 104 Å². The summed E-state index contributed by atoms with van der Waals surface area (Å²) in [6.07, 6.45) is 17.7. The van der Waals surface area contributed by atoms with Crippen molar-refractivity contribution in [1.29, 1.82) is 0 Å². The van der Waals surface area contributed by atoms with Crippen molar-refractivity contribution in [2.24, 2.45) is 0 Å². The van der Waals surface area contributed by atoms with Crippen LogP contribution >= 0.6 is 0 Å². The van der Waals surface area contributed by atoms with E-state index in [9.17, 15) is 14.7 Å². The summed E-state index contributed by atoms with van der Waals surface area (Å²) in [4.78, 5) is 23.5. The van der Waals surface area contributed by atoms with E-state index in [0.717, 1.165) is 25.7 Å². The van der Waals surface area contributed by atoms with Gasteiger partial charge in [-0.25, -0.2) is 0 Å². The van der Waals surface area contributed by atoms with Crippen molar-refractivity contribution in [1.82, 2.24) is 0 Å². The number of carbonyl (C=O) groups excluding carboxylic acids is 2. The smallest absolute Gasteiger partial charge is 0.308 e. The van der Waals surface area contributed by atoms with Gasteiger partial charge in [-0.3, -0.25) is 9.59 Å². The predicted octanol–water partition coefficient (Wildman–Crippen LogP) is 6.50. The molecule has 0 aromatic rings. The lowest BCUT2D eigenvalue weighted by atomic mass is 10.1. The van der Waals surface area contributed by atoms with Crippen LogP contribution in [-0.4, -0.2) is 36.4 Å². The Morgan fingerprint density at radius 1 is 0.567 bits per heavy atom. The van der Waals surface area contributed by atoms with Crippen LogP contribution in [0.2, 0.25) is 0 Å². The van der Waals surface area contributed by atoms with Crippen molar-refractivity contribution in [2.45, 2.75) is 136 Å². The molecule has 0 aliphatic heterocycles. The Balaban J connectivity index is 3.48. The summed E-state index contributed by atoms with van der Waals surface area (Å²) in [5, 5.41) is 9.88. The predicted molar refractivity (Wildman–Crippen MR) is 122 cm³/mol. The highest BCUT2D eigenvalue weighted by atomic mass is 16.5. The zero-order valence-corrected chi connectivity index (χ0v) is 19.8. The van der Waals surface area contributed by atoms with Gasteiger partial charge in [0.15, 0.2) is 0 Å². The van der Waals surface area contributed by atoms with E-state index in [4.69, 9.17) is 9.47 Å². The van der Waals surface area contributed by atoms with Crippen LogP contribution in [0.3, 0.4) is 0 Å². The van der Waals surface area contributed by atoms with E-state index in [1.54, 1.807) is 0 Å². The lowest BCUT2D eigenvalue weighted by Crippen LogP contribution is -2.21. The molecule has 30 heavy (non-hydrogen) atoms. The first-order valence-corrected chi connectivity index (χ1v) is 12.6. The van der Waals surface area contributed by atoms with E-state index >= 15 is 0 Å². The fourth-order valence-electron chi connectivity index (χ4n) is 3.42. The van der Waals surface area contributed by atoms with Gasteiger partial charge in [-0.2, -0.15) is 0 Å². The minimum atomic E-state index is -1.03. The number of rotatable bonds is 22. The molecule has 0 fully saturated rings. The molecule has 0 aromatic heterocycles. The number of esters is 2. The zero-order valence-electron chi connectivity index (χ0n) is 19.8. The lowest BCUT2D eigenvalue weighted by molar-refractivity contribution is -0.149. The molecule has 0 atom stereocenters. The van der Waals surface area contributed by atoms with E-state index in [2.05, 4.69) is 13.8 Å². The molecule has 0 saturated carbocycles. The van der Waals surface area contributed by atoms with Gasteiger partial charge in [0.25, 0.3) is 0 Å². The van der Waals surface area contributed by atoms with Gasteiger partial charge in [0, 0.05) is 0 Å². The SMILES string of the molecule is CCCCCCCCCCOC(=O)CC(O)CC(=O)OCCCCCCCCCC. The number of aliphatic hydroxyl groups is 1. The molecule has 0 saturated heterocycles. The maximum Gasteiger partial charge on any atom is 0.308 e. The Morgan fingerprint density at radius 3 is 1.20 bits per heavy atom. The van der Waals surface area contributed by atoms with Crippen molar-refractivity contribution >= 4 is 11.9 Å². The van der Waals surface area contributed by atoms with E-state index in [1.807, 2.05) is 0 Å². The van der Waals surface area contributed by atoms with E-state index in [1.165, 1.54) is 77.0 Å². The zero-order chi connectivity index (χ0) is 22.3. The first-order chi connectivity index (χ1) is 14.6. The largest absolute Gasteiger partial charge is 0.466 e. The minimum Gasteiger partial charge on any atom is -0.466 e. The molecule has 0 spiro atoms. The third-order valence-electron chi connectivity index (χ3n) is 5.33. The molecular formula is C25H48O5. The summed E-state index contributed by atoms with van der Waals surface area (Å²) >= 11 is 0. The fourth-order valence-corrected chi connectivity index (χ4v) is 3.42. The standard InChI is InChI=1S/C25H48O5/c1-3-5-7-9-11-13-15-17-19-29-24(27)21-23(26)22-25(28)30-20-18-16-14-12-10-8-6-4-2/h23,26H,3-22H2,1-2H3. The summed E-state index contributed by atoms with van der Waals surface area (Å²) in [7, 11) is 0. The molecule has 0 aliphatic carbocycles. The van der Waals surface area contributed by atoms with Crippen LogP contribution in [0.15, 0.2) is 0 Å². The highest BCUT2D eigenvalue weighted by molar-refractivity contribution is 5.73. The second-order valence-electron chi connectivity index (χ2n) is 8.45. The van der Waals surface area contributed by atoms with Crippen LogP contribution < -0.4 is 0 Å². The third kappa shape index (κ3) is 21.6. The monoisotopic (exact) mass is 428 g/mol. The molecule has 0 aromatic carbocycles. The maximum atomic E-state index is 11.7. The Kier molecular flexibility index (Phi) is 21.8. The fraction of sp³-hybridized carbons (Fsp3) is 0.920. The van der Waals surface area contributed by atoms with Crippen LogP contribution in [0.4, 0.5) is 0 Å². The second-order valence-corrected chi connectivity index (χ2v) is 8.45. The van der Waals surface area contributed by atoms with Crippen molar-refractivity contribution in [3.63, 3.8) is 0 Å². The van der Waals surface area contributed by atoms with Crippen LogP contribution in [0.5, 0.6) is 0 Å². The van der Waals surface area contributed by atoms with E-state index in [-0.39, 0.29) is 12.8 Å². The molecule has 0 rings (SSSR count). The van der Waals surface area contributed by atoms with Gasteiger partial charge < -0.3 is 14.6 Å². The number of hydrogen-bond donors (Lipinski definition) is 1. The van der Waals surface area contributed by atoms with Gasteiger partial charge in [0.2, 0.25) is 0 Å². The molecule has 5 heteroatoms. The van der Waals surface area contributed by atoms with Gasteiger partial charge in [-0.15, -0.1) is 0 Å². The summed E-state index contributed by atoms with van der Waals surface area (Å²) in [5.41, 5.74) is 0. The number of unbranched alkanes of at least 4 members (excludes halogenated alkanes) is 14. The van der Waals surface area contributed by atoms with Crippen molar-refractivity contribution in [2.75, 3.05) is 13.2 Å². The number of hydrogen-bond acceptors (Lipinski definition) is 5. The molecule has 0 amide bonds. The normalized spacial score (nSPS) is 11.1. The van der Waals surface area contributed by atoms with Gasteiger partial charge >= 0.3 is 11.9 Å². The molecule has 1 N–H and O–H groups in total. The average molecular weight is 429 g/mol. The van der Waals surface area contributed by atoms with Crippen molar-refractivity contribution in [3.05, 3.63) is 0 Å². The van der Waals surface area contributed by atoms with Gasteiger partial charge in [0.1, 0.15) is 0 Å². The minimum absolute atomic E-state index is 0.149. The van der Waals surface area contributed by atoms with Crippen LogP contribution in [0.25, 0.3) is 0 Å². The topological polar surface area (TPSA) is 72.8 Å². The number of aliphatic hydroxyl groups excluding tert-OH is 1. The van der Waals surface area contributed by atoms with Crippen LogP contribution in [-0.2, 0) is 19.1 Å². The Hall–Kier alpha value is -1.10. The van der Waals surface area contributed by atoms with Crippen LogP contribution in [0.1, 0.15) is 129 Å². The van der Waals surface area contributed by atoms with E-state index in [0.29, 0.717) is 13.2 Å². The Labute approximate surface area is 185 Å². The molecule has 0 unspecified atom stereocenters. The number of carbonyl (C=O) groups is 2. The van der Waals surface area contributed by atoms with Crippen LogP contribution in [0, 0.1) is 0 Å². The van der Waals surface area contributed by atoms with E-state index < -0.39 is 18.0 Å². The van der Waals surface area contributed by atoms with Crippen molar-refractivity contribution in [3.8, 4) is 0 Å². The second kappa shape index (κ2) is 22.6. The summed E-state index contributed by atoms with van der Waals surface area (Å²) < 4.78 is 10.3. The Bertz CT molecular complexity index is 361. The molecule has 0 aliphatic rings. The molecule has 0 radical (unpaired) electrons. The summed E-state index contributed by atoms with van der Waals surface area (Å²) in [5.74, 6) is -0.886. The molecule has 5 nitrogen and oxygen atoms in total. The first kappa shape index (κ1) is 28.9. The molecule has 0 heterocycles. The Morgan fingerprint density at radius 2 is 0.867 bits per heavy atom. The number of ether oxygens (including phenoxy) is 2.